The molecule has 2 N–H and O–H groups in total. The van der Waals surface area contributed by atoms with Crippen LogP contribution in [0, 0.1) is 0 Å². The van der Waals surface area contributed by atoms with Crippen LogP contribution in [0.5, 0.6) is 0 Å². The van der Waals surface area contributed by atoms with Crippen molar-refractivity contribution in [3.63, 3.8) is 0 Å². The molecule has 1 aromatic rings. The summed E-state index contributed by atoms with van der Waals surface area (Å²) in [5, 5.41) is 0. The molecule has 0 amide bonds. The number of furan rings is 1. The van der Waals surface area contributed by atoms with Gasteiger partial charge in [-0.25, -0.2) is 0 Å². The number of rotatable bonds is 9. The molecule has 0 fully saturated rings. The van der Waals surface area contributed by atoms with Crippen molar-refractivity contribution in [2.45, 2.75) is 13.2 Å². The second kappa shape index (κ2) is 8.29. The maximum absolute atomic E-state index is 5.42. The number of methoxy groups -OCH3 is 1. The molecule has 0 aromatic carbocycles. The van der Waals surface area contributed by atoms with Crippen molar-refractivity contribution >= 4 is 0 Å². The largest absolute Gasteiger partial charge is 0.462 e. The van der Waals surface area contributed by atoms with E-state index in [4.69, 9.17) is 24.4 Å². The summed E-state index contributed by atoms with van der Waals surface area (Å²) >= 11 is 0. The topological polar surface area (TPSA) is 66.8 Å². The van der Waals surface area contributed by atoms with E-state index in [1.54, 1.807) is 7.11 Å². The van der Waals surface area contributed by atoms with Crippen molar-refractivity contribution < 1.29 is 18.6 Å². The summed E-state index contributed by atoms with van der Waals surface area (Å²) in [5.74, 6) is 1.56. The summed E-state index contributed by atoms with van der Waals surface area (Å²) in [6.07, 6.45) is 0. The quantitative estimate of drug-likeness (QED) is 0.638. The molecule has 0 aliphatic rings. The number of hydrogen-bond donors (Lipinski definition) is 1. The van der Waals surface area contributed by atoms with Gasteiger partial charge in [0, 0.05) is 7.11 Å². The molecule has 0 aliphatic heterocycles. The summed E-state index contributed by atoms with van der Waals surface area (Å²) in [6, 6.07) is 3.72. The average Bonchev–Trinajstić information content (AvgIpc) is 2.76. The van der Waals surface area contributed by atoms with E-state index < -0.39 is 0 Å². The predicted octanol–water partition coefficient (Wildman–Crippen LogP) is 0.918. The van der Waals surface area contributed by atoms with E-state index in [0.717, 1.165) is 11.5 Å². The van der Waals surface area contributed by atoms with Gasteiger partial charge in [-0.15, -0.1) is 0 Å². The third-order valence-electron chi connectivity index (χ3n) is 1.97. The number of nitrogens with two attached hydrogens (primary N) is 1. The third kappa shape index (κ3) is 5.27. The van der Waals surface area contributed by atoms with Crippen LogP contribution in [0.3, 0.4) is 0 Å². The first-order chi connectivity index (χ1) is 7.86. The Morgan fingerprint density at radius 2 is 1.75 bits per heavy atom. The lowest BCUT2D eigenvalue weighted by Gasteiger charge is -2.03. The van der Waals surface area contributed by atoms with Gasteiger partial charge in [-0.1, -0.05) is 0 Å². The monoisotopic (exact) mass is 229 g/mol. The summed E-state index contributed by atoms with van der Waals surface area (Å²) in [5.41, 5.74) is 5.42. The fourth-order valence-electron chi connectivity index (χ4n) is 1.14. The zero-order valence-electron chi connectivity index (χ0n) is 9.61. The lowest BCUT2D eigenvalue weighted by Crippen LogP contribution is -2.08. The van der Waals surface area contributed by atoms with E-state index in [-0.39, 0.29) is 0 Å². The lowest BCUT2D eigenvalue weighted by molar-refractivity contribution is 0.0160. The van der Waals surface area contributed by atoms with Gasteiger partial charge in [0.25, 0.3) is 0 Å². The van der Waals surface area contributed by atoms with E-state index >= 15 is 0 Å². The standard InChI is InChI=1S/C11H19NO4/c1-13-4-5-14-6-7-15-9-11-3-2-10(8-12)16-11/h2-3H,4-9,12H2,1H3. The van der Waals surface area contributed by atoms with Gasteiger partial charge in [0.1, 0.15) is 18.1 Å². The highest BCUT2D eigenvalue weighted by molar-refractivity contribution is 5.05. The Bertz CT molecular complexity index is 275. The second-order valence-corrected chi connectivity index (χ2v) is 3.23. The van der Waals surface area contributed by atoms with Crippen LogP contribution < -0.4 is 5.73 Å². The summed E-state index contributed by atoms with van der Waals surface area (Å²) in [4.78, 5) is 0. The number of hydrogen-bond acceptors (Lipinski definition) is 5. The third-order valence-corrected chi connectivity index (χ3v) is 1.97. The smallest absolute Gasteiger partial charge is 0.129 e. The minimum Gasteiger partial charge on any atom is -0.462 e. The molecular weight excluding hydrogens is 210 g/mol. The maximum atomic E-state index is 5.42. The zero-order chi connectivity index (χ0) is 11.6. The molecule has 1 aromatic heterocycles. The van der Waals surface area contributed by atoms with Crippen molar-refractivity contribution in [3.8, 4) is 0 Å². The van der Waals surface area contributed by atoms with Crippen molar-refractivity contribution in [1.29, 1.82) is 0 Å². The molecule has 0 aliphatic carbocycles. The molecule has 0 bridgehead atoms. The average molecular weight is 229 g/mol. The minimum absolute atomic E-state index is 0.417. The van der Waals surface area contributed by atoms with Crippen LogP contribution >= 0.6 is 0 Å². The Labute approximate surface area is 95.5 Å². The van der Waals surface area contributed by atoms with Gasteiger partial charge in [0.2, 0.25) is 0 Å². The van der Waals surface area contributed by atoms with E-state index in [0.29, 0.717) is 39.6 Å². The molecule has 5 nitrogen and oxygen atoms in total. The molecule has 0 atom stereocenters. The summed E-state index contributed by atoms with van der Waals surface area (Å²) < 4.78 is 20.8. The first kappa shape index (κ1) is 13.2. The highest BCUT2D eigenvalue weighted by Gasteiger charge is 2.00. The highest BCUT2D eigenvalue weighted by atomic mass is 16.5. The first-order valence-electron chi connectivity index (χ1n) is 5.29. The van der Waals surface area contributed by atoms with Crippen LogP contribution in [-0.4, -0.2) is 33.5 Å². The Hall–Kier alpha value is -0.880. The molecule has 92 valence electrons. The normalized spacial score (nSPS) is 10.9. The zero-order valence-corrected chi connectivity index (χ0v) is 9.61. The van der Waals surface area contributed by atoms with Crippen molar-refractivity contribution in [3.05, 3.63) is 23.7 Å². The van der Waals surface area contributed by atoms with Crippen LogP contribution in [0.25, 0.3) is 0 Å². The molecule has 0 saturated heterocycles. The molecule has 1 rings (SSSR count). The second-order valence-electron chi connectivity index (χ2n) is 3.23. The SMILES string of the molecule is COCCOCCOCc1ccc(CN)o1. The molecule has 0 radical (unpaired) electrons. The summed E-state index contributed by atoms with van der Waals surface area (Å²) in [7, 11) is 1.64. The first-order valence-corrected chi connectivity index (χ1v) is 5.29. The van der Waals surface area contributed by atoms with Crippen LogP contribution in [0.1, 0.15) is 11.5 Å². The van der Waals surface area contributed by atoms with E-state index in [2.05, 4.69) is 0 Å². The van der Waals surface area contributed by atoms with E-state index in [1.165, 1.54) is 0 Å². The molecule has 0 saturated carbocycles. The molecule has 0 spiro atoms. The molecule has 16 heavy (non-hydrogen) atoms. The van der Waals surface area contributed by atoms with Crippen molar-refractivity contribution in [2.75, 3.05) is 33.5 Å². The van der Waals surface area contributed by atoms with Crippen LogP contribution in [-0.2, 0) is 27.4 Å². The Morgan fingerprint density at radius 3 is 2.44 bits per heavy atom. The molecule has 1 heterocycles. The fourth-order valence-corrected chi connectivity index (χ4v) is 1.14. The molecule has 0 unspecified atom stereocenters. The van der Waals surface area contributed by atoms with Gasteiger partial charge in [-0.05, 0) is 12.1 Å². The maximum Gasteiger partial charge on any atom is 0.129 e. The highest BCUT2D eigenvalue weighted by Crippen LogP contribution is 2.07. The van der Waals surface area contributed by atoms with Gasteiger partial charge < -0.3 is 24.4 Å². The minimum atomic E-state index is 0.417. The Morgan fingerprint density at radius 1 is 1.06 bits per heavy atom. The van der Waals surface area contributed by atoms with Crippen molar-refractivity contribution in [2.24, 2.45) is 5.73 Å². The van der Waals surface area contributed by atoms with Crippen LogP contribution in [0.4, 0.5) is 0 Å². The summed E-state index contributed by atoms with van der Waals surface area (Å²) in [6.45, 7) is 3.18. The van der Waals surface area contributed by atoms with Gasteiger partial charge in [-0.3, -0.25) is 0 Å². The molecular formula is C11H19NO4. The molecule has 5 heteroatoms. The van der Waals surface area contributed by atoms with Crippen molar-refractivity contribution in [1.82, 2.24) is 0 Å². The van der Waals surface area contributed by atoms with Crippen LogP contribution in [0.15, 0.2) is 16.5 Å². The van der Waals surface area contributed by atoms with Gasteiger partial charge >= 0.3 is 0 Å². The van der Waals surface area contributed by atoms with Crippen LogP contribution in [0.2, 0.25) is 0 Å². The van der Waals surface area contributed by atoms with Gasteiger partial charge in [-0.2, -0.15) is 0 Å². The number of ether oxygens (including phenoxy) is 3. The lowest BCUT2D eigenvalue weighted by atomic mass is 10.4. The fraction of sp³-hybridized carbons (Fsp3) is 0.636. The van der Waals surface area contributed by atoms with Gasteiger partial charge in [0.15, 0.2) is 0 Å². The van der Waals surface area contributed by atoms with E-state index in [9.17, 15) is 0 Å². The Kier molecular flexibility index (Phi) is 6.83. The predicted molar refractivity (Wildman–Crippen MR) is 59.0 cm³/mol. The van der Waals surface area contributed by atoms with E-state index in [1.807, 2.05) is 12.1 Å². The van der Waals surface area contributed by atoms with Gasteiger partial charge in [0.05, 0.1) is 33.0 Å². The Balaban J connectivity index is 1.98.